The van der Waals surface area contributed by atoms with E-state index in [4.69, 9.17) is 23.2 Å². The number of hydrogen-bond acceptors (Lipinski definition) is 4. The van der Waals surface area contributed by atoms with Gasteiger partial charge in [0.15, 0.2) is 0 Å². The van der Waals surface area contributed by atoms with Gasteiger partial charge in [0.2, 0.25) is 0 Å². The minimum Gasteiger partial charge on any atom is -0.548 e. The Morgan fingerprint density at radius 1 is 1.14 bits per heavy atom. The molecular weight excluding hydrogens is 317 g/mol. The summed E-state index contributed by atoms with van der Waals surface area (Å²) in [7, 11) is 0. The van der Waals surface area contributed by atoms with Crippen LogP contribution in [0.1, 0.15) is 41.0 Å². The normalized spacial score (nSPS) is 15.6. The number of carbonyl (C=O) groups is 3. The van der Waals surface area contributed by atoms with Gasteiger partial charge in [-0.1, -0.05) is 37.0 Å². The Labute approximate surface area is 131 Å². The van der Waals surface area contributed by atoms with Gasteiger partial charge in [0.1, 0.15) is 0 Å². The second-order valence-electron chi connectivity index (χ2n) is 5.26. The van der Waals surface area contributed by atoms with Crippen molar-refractivity contribution in [1.29, 1.82) is 0 Å². The number of hydrogen-bond donors (Lipinski definition) is 0. The first-order chi connectivity index (χ1) is 9.73. The van der Waals surface area contributed by atoms with Gasteiger partial charge in [0.05, 0.1) is 33.2 Å². The molecule has 0 spiro atoms. The van der Waals surface area contributed by atoms with E-state index in [2.05, 4.69) is 0 Å². The maximum atomic E-state index is 12.3. The van der Waals surface area contributed by atoms with Crippen molar-refractivity contribution in [2.75, 3.05) is 0 Å². The van der Waals surface area contributed by atoms with Crippen LogP contribution in [0.25, 0.3) is 0 Å². The Morgan fingerprint density at radius 3 is 1.90 bits per heavy atom. The second kappa shape index (κ2) is 5.66. The number of carboxylic acids is 1. The molecular formula is C14H12Cl2NO4-. The van der Waals surface area contributed by atoms with Crippen LogP contribution in [0.5, 0.6) is 0 Å². The number of halogens is 2. The molecule has 7 heteroatoms. The highest BCUT2D eigenvalue weighted by Gasteiger charge is 2.41. The second-order valence-corrected chi connectivity index (χ2v) is 6.07. The van der Waals surface area contributed by atoms with Crippen molar-refractivity contribution >= 4 is 41.0 Å². The van der Waals surface area contributed by atoms with Gasteiger partial charge >= 0.3 is 0 Å². The molecule has 0 aliphatic carbocycles. The highest BCUT2D eigenvalue weighted by atomic mass is 35.5. The van der Waals surface area contributed by atoms with Crippen LogP contribution in [0, 0.1) is 5.92 Å². The highest BCUT2D eigenvalue weighted by Crippen LogP contribution is 2.33. The molecule has 1 aromatic carbocycles. The molecule has 1 aliphatic rings. The summed E-state index contributed by atoms with van der Waals surface area (Å²) in [6.45, 7) is 3.59. The summed E-state index contributed by atoms with van der Waals surface area (Å²) < 4.78 is 0. The van der Waals surface area contributed by atoms with Gasteiger partial charge in [0.25, 0.3) is 11.8 Å². The molecule has 1 aliphatic heterocycles. The lowest BCUT2D eigenvalue weighted by Crippen LogP contribution is -2.51. The topological polar surface area (TPSA) is 77.5 Å². The maximum absolute atomic E-state index is 12.3. The largest absolute Gasteiger partial charge is 0.548 e. The standard InChI is InChI=1S/C14H13Cl2NO4/c1-6(2)3-11(14(20)21)17-12(18)7-4-9(15)10(16)5-8(7)13(17)19/h4-6,11H,3H2,1-2H3,(H,20,21)/p-1. The summed E-state index contributed by atoms with van der Waals surface area (Å²) in [5.41, 5.74) is 0.119. The summed E-state index contributed by atoms with van der Waals surface area (Å²) in [6.07, 6.45) is 0.120. The molecule has 0 bridgehead atoms. The number of carboxylic acid groups (broad SMARTS) is 1. The summed E-state index contributed by atoms with van der Waals surface area (Å²) in [4.78, 5) is 36.6. The number of aliphatic carboxylic acids is 1. The van der Waals surface area contributed by atoms with Crippen LogP contribution in [-0.4, -0.2) is 28.7 Å². The summed E-state index contributed by atoms with van der Waals surface area (Å²) in [5.74, 6) is -2.87. The molecule has 0 aromatic heterocycles. The first-order valence-corrected chi connectivity index (χ1v) is 7.07. The van der Waals surface area contributed by atoms with Gasteiger partial charge in [-0.25, -0.2) is 0 Å². The van der Waals surface area contributed by atoms with Crippen molar-refractivity contribution in [3.63, 3.8) is 0 Å². The van der Waals surface area contributed by atoms with Gasteiger partial charge in [-0.2, -0.15) is 0 Å². The van der Waals surface area contributed by atoms with E-state index in [0.29, 0.717) is 4.90 Å². The van der Waals surface area contributed by atoms with Crippen LogP contribution in [0.3, 0.4) is 0 Å². The maximum Gasteiger partial charge on any atom is 0.262 e. The molecule has 1 heterocycles. The molecule has 0 saturated heterocycles. The van der Waals surface area contributed by atoms with Gasteiger partial charge in [-0.3, -0.25) is 14.5 Å². The third-order valence-electron chi connectivity index (χ3n) is 3.24. The first kappa shape index (κ1) is 15.8. The molecule has 21 heavy (non-hydrogen) atoms. The minimum atomic E-state index is -1.46. The molecule has 2 rings (SSSR count). The molecule has 1 aromatic rings. The van der Waals surface area contributed by atoms with Crippen LogP contribution in [0.2, 0.25) is 10.0 Å². The Kier molecular flexibility index (Phi) is 4.25. The number of carbonyl (C=O) groups excluding carboxylic acids is 3. The van der Waals surface area contributed by atoms with Crippen LogP contribution in [0.4, 0.5) is 0 Å². The zero-order valence-electron chi connectivity index (χ0n) is 11.4. The van der Waals surface area contributed by atoms with E-state index in [1.54, 1.807) is 13.8 Å². The SMILES string of the molecule is CC(C)CC(C(=O)[O-])N1C(=O)c2cc(Cl)c(Cl)cc2C1=O. The van der Waals surface area contributed by atoms with Crippen LogP contribution in [-0.2, 0) is 4.79 Å². The van der Waals surface area contributed by atoms with Crippen molar-refractivity contribution in [3.8, 4) is 0 Å². The minimum absolute atomic E-state index is 0.0237. The molecule has 0 fully saturated rings. The monoisotopic (exact) mass is 328 g/mol. The number of benzene rings is 1. The number of amides is 2. The Bertz CT molecular complexity index is 601. The summed E-state index contributed by atoms with van der Waals surface area (Å²) >= 11 is 11.7. The third-order valence-corrected chi connectivity index (χ3v) is 3.96. The zero-order chi connectivity index (χ0) is 15.9. The Morgan fingerprint density at radius 2 is 1.57 bits per heavy atom. The van der Waals surface area contributed by atoms with E-state index < -0.39 is 23.8 Å². The fourth-order valence-electron chi connectivity index (χ4n) is 2.29. The van der Waals surface area contributed by atoms with Gasteiger partial charge in [0, 0.05) is 0 Å². The zero-order valence-corrected chi connectivity index (χ0v) is 12.9. The fraction of sp³-hybridized carbons (Fsp3) is 0.357. The van der Waals surface area contributed by atoms with E-state index in [0.717, 1.165) is 0 Å². The number of fused-ring (bicyclic) bond motifs is 1. The first-order valence-electron chi connectivity index (χ1n) is 6.31. The van der Waals surface area contributed by atoms with Crippen LogP contribution < -0.4 is 5.11 Å². The quantitative estimate of drug-likeness (QED) is 0.789. The molecule has 0 saturated carbocycles. The predicted octanol–water partition coefficient (Wildman–Crippen LogP) is 1.75. The molecule has 2 amide bonds. The van der Waals surface area contributed by atoms with E-state index >= 15 is 0 Å². The highest BCUT2D eigenvalue weighted by molar-refractivity contribution is 6.43. The van der Waals surface area contributed by atoms with E-state index in [1.165, 1.54) is 12.1 Å². The summed E-state index contributed by atoms with van der Waals surface area (Å²) in [5, 5.41) is 11.6. The molecule has 5 nitrogen and oxygen atoms in total. The Balaban J connectivity index is 2.47. The lowest BCUT2D eigenvalue weighted by Gasteiger charge is -2.28. The molecule has 112 valence electrons. The van der Waals surface area contributed by atoms with Crippen molar-refractivity contribution in [1.82, 2.24) is 4.90 Å². The van der Waals surface area contributed by atoms with Crippen molar-refractivity contribution < 1.29 is 19.5 Å². The molecule has 0 radical (unpaired) electrons. The number of imide groups is 1. The lowest BCUT2D eigenvalue weighted by molar-refractivity contribution is -0.310. The number of rotatable bonds is 4. The predicted molar refractivity (Wildman–Crippen MR) is 75.2 cm³/mol. The average molecular weight is 329 g/mol. The Hall–Kier alpha value is -1.59. The third kappa shape index (κ3) is 2.76. The van der Waals surface area contributed by atoms with Crippen LogP contribution in [0.15, 0.2) is 12.1 Å². The fourth-order valence-corrected chi connectivity index (χ4v) is 2.62. The van der Waals surface area contributed by atoms with E-state index in [1.807, 2.05) is 0 Å². The van der Waals surface area contributed by atoms with Gasteiger partial charge in [-0.15, -0.1) is 0 Å². The van der Waals surface area contributed by atoms with E-state index in [-0.39, 0.29) is 33.5 Å². The number of nitrogens with zero attached hydrogens (tertiary/aromatic N) is 1. The van der Waals surface area contributed by atoms with Crippen molar-refractivity contribution in [2.24, 2.45) is 5.92 Å². The van der Waals surface area contributed by atoms with Gasteiger partial charge in [-0.05, 0) is 24.5 Å². The van der Waals surface area contributed by atoms with Crippen LogP contribution >= 0.6 is 23.2 Å². The smallest absolute Gasteiger partial charge is 0.262 e. The van der Waals surface area contributed by atoms with E-state index in [9.17, 15) is 19.5 Å². The average Bonchev–Trinajstić information content (AvgIpc) is 2.60. The molecule has 0 N–H and O–H groups in total. The van der Waals surface area contributed by atoms with Gasteiger partial charge < -0.3 is 9.90 Å². The summed E-state index contributed by atoms with van der Waals surface area (Å²) in [6, 6.07) is 1.25. The lowest BCUT2D eigenvalue weighted by atomic mass is 10.0. The molecule has 1 unspecified atom stereocenters. The molecule has 1 atom stereocenters. The van der Waals surface area contributed by atoms with Crippen molar-refractivity contribution in [3.05, 3.63) is 33.3 Å². The van der Waals surface area contributed by atoms with Crippen molar-refractivity contribution in [2.45, 2.75) is 26.3 Å².